The minimum absolute atomic E-state index is 0.169. The van der Waals surface area contributed by atoms with E-state index in [2.05, 4.69) is 27.4 Å². The first kappa shape index (κ1) is 15.3. The van der Waals surface area contributed by atoms with Crippen molar-refractivity contribution in [1.29, 1.82) is 0 Å². The largest absolute Gasteiger partial charge is 0.271 e. The van der Waals surface area contributed by atoms with Crippen molar-refractivity contribution in [3.05, 3.63) is 54.6 Å². The van der Waals surface area contributed by atoms with Crippen LogP contribution < -0.4 is 11.3 Å². The molecule has 1 heterocycles. The Bertz CT molecular complexity index is 559. The molecule has 1 unspecified atom stereocenters. The molecule has 2 aromatic rings. The van der Waals surface area contributed by atoms with E-state index in [0.29, 0.717) is 10.0 Å². The maximum absolute atomic E-state index is 6.02. The molecule has 0 amide bonds. The number of benzene rings is 1. The molecular formula is C13H13BrCl2N2S. The summed E-state index contributed by atoms with van der Waals surface area (Å²) in [5.41, 5.74) is 3.98. The molecule has 0 aliphatic rings. The molecule has 0 saturated carbocycles. The Kier molecular flexibility index (Phi) is 5.69. The Morgan fingerprint density at radius 2 is 1.95 bits per heavy atom. The number of nitrogens with two attached hydrogens (primary N) is 1. The Morgan fingerprint density at radius 1 is 1.16 bits per heavy atom. The third-order valence-electron chi connectivity index (χ3n) is 2.78. The summed E-state index contributed by atoms with van der Waals surface area (Å²) >= 11 is 17.1. The summed E-state index contributed by atoms with van der Waals surface area (Å²) in [6, 6.07) is 10.00. The molecule has 0 fully saturated rings. The van der Waals surface area contributed by atoms with Gasteiger partial charge >= 0.3 is 0 Å². The van der Waals surface area contributed by atoms with Crippen molar-refractivity contribution in [2.24, 2.45) is 5.84 Å². The van der Waals surface area contributed by atoms with Crippen molar-refractivity contribution in [2.75, 3.05) is 0 Å². The molecule has 19 heavy (non-hydrogen) atoms. The summed E-state index contributed by atoms with van der Waals surface area (Å²) < 4.78 is 1.13. The number of thiophene rings is 1. The maximum Gasteiger partial charge on any atom is 0.0701 e. The number of rotatable bonds is 5. The Hall–Kier alpha value is -0.100. The van der Waals surface area contributed by atoms with E-state index in [9.17, 15) is 0 Å². The van der Waals surface area contributed by atoms with E-state index in [1.165, 1.54) is 4.88 Å². The van der Waals surface area contributed by atoms with Crippen LogP contribution in [0.4, 0.5) is 0 Å². The summed E-state index contributed by atoms with van der Waals surface area (Å²) in [6.45, 7) is 0. The lowest BCUT2D eigenvalue weighted by molar-refractivity contribution is 0.526. The lowest BCUT2D eigenvalue weighted by atomic mass is 10.0. The van der Waals surface area contributed by atoms with Gasteiger partial charge in [-0.1, -0.05) is 29.3 Å². The van der Waals surface area contributed by atoms with Gasteiger partial charge in [0.25, 0.3) is 0 Å². The Labute approximate surface area is 135 Å². The summed E-state index contributed by atoms with van der Waals surface area (Å²) in [7, 11) is 0. The second-order valence-corrected chi connectivity index (χ2v) is 7.59. The van der Waals surface area contributed by atoms with Gasteiger partial charge in [0, 0.05) is 10.9 Å². The van der Waals surface area contributed by atoms with Gasteiger partial charge in [-0.3, -0.25) is 11.3 Å². The van der Waals surface area contributed by atoms with Crippen LogP contribution >= 0.6 is 50.5 Å². The van der Waals surface area contributed by atoms with Gasteiger partial charge in [-0.05, 0) is 58.6 Å². The van der Waals surface area contributed by atoms with Crippen molar-refractivity contribution in [1.82, 2.24) is 5.43 Å². The van der Waals surface area contributed by atoms with E-state index in [4.69, 9.17) is 29.0 Å². The van der Waals surface area contributed by atoms with Crippen LogP contribution in [0.3, 0.4) is 0 Å². The maximum atomic E-state index is 6.02. The van der Waals surface area contributed by atoms with Gasteiger partial charge in [-0.2, -0.15) is 0 Å². The number of hydrogen-bond acceptors (Lipinski definition) is 3. The average Bonchev–Trinajstić information content (AvgIpc) is 2.78. The third kappa shape index (κ3) is 4.45. The zero-order chi connectivity index (χ0) is 13.8. The molecule has 0 aliphatic carbocycles. The SMILES string of the molecule is NNC(Cc1ccc(Cl)c(Cl)c1)Cc1ccc(Br)s1. The van der Waals surface area contributed by atoms with E-state index in [1.807, 2.05) is 24.3 Å². The highest BCUT2D eigenvalue weighted by atomic mass is 79.9. The first-order chi connectivity index (χ1) is 9.08. The van der Waals surface area contributed by atoms with Gasteiger partial charge in [0.2, 0.25) is 0 Å². The van der Waals surface area contributed by atoms with Crippen molar-refractivity contribution < 1.29 is 0 Å². The molecule has 1 aromatic heterocycles. The first-order valence-corrected chi connectivity index (χ1v) is 8.09. The zero-order valence-corrected chi connectivity index (χ0v) is 13.9. The lowest BCUT2D eigenvalue weighted by Gasteiger charge is -2.15. The topological polar surface area (TPSA) is 38.0 Å². The monoisotopic (exact) mass is 378 g/mol. The fourth-order valence-corrected chi connectivity index (χ4v) is 3.73. The fraction of sp³-hybridized carbons (Fsp3) is 0.231. The van der Waals surface area contributed by atoms with E-state index in [-0.39, 0.29) is 6.04 Å². The van der Waals surface area contributed by atoms with Gasteiger partial charge in [-0.15, -0.1) is 11.3 Å². The number of hydrazine groups is 1. The lowest BCUT2D eigenvalue weighted by Crippen LogP contribution is -2.38. The van der Waals surface area contributed by atoms with Crippen LogP contribution in [0.25, 0.3) is 0 Å². The van der Waals surface area contributed by atoms with Crippen LogP contribution in [-0.4, -0.2) is 6.04 Å². The van der Waals surface area contributed by atoms with Crippen LogP contribution in [0, 0.1) is 0 Å². The quantitative estimate of drug-likeness (QED) is 0.595. The predicted molar refractivity (Wildman–Crippen MR) is 87.0 cm³/mol. The molecule has 2 nitrogen and oxygen atoms in total. The molecule has 0 spiro atoms. The van der Waals surface area contributed by atoms with Gasteiger partial charge in [0.05, 0.1) is 13.8 Å². The van der Waals surface area contributed by atoms with Crippen LogP contribution in [0.15, 0.2) is 34.1 Å². The fourth-order valence-electron chi connectivity index (χ4n) is 1.85. The zero-order valence-electron chi connectivity index (χ0n) is 10.00. The second-order valence-electron chi connectivity index (χ2n) is 4.23. The molecule has 2 rings (SSSR count). The van der Waals surface area contributed by atoms with Crippen LogP contribution in [0.2, 0.25) is 10.0 Å². The standard InChI is InChI=1S/C13H13BrCl2N2S/c14-13-4-2-10(19-13)7-9(18-17)5-8-1-3-11(15)12(16)6-8/h1-4,6,9,18H,5,7,17H2. The van der Waals surface area contributed by atoms with Crippen molar-refractivity contribution in [2.45, 2.75) is 18.9 Å². The molecular weight excluding hydrogens is 367 g/mol. The molecule has 0 radical (unpaired) electrons. The van der Waals surface area contributed by atoms with Crippen molar-refractivity contribution in [3.63, 3.8) is 0 Å². The molecule has 1 atom stereocenters. The van der Waals surface area contributed by atoms with Crippen molar-refractivity contribution in [3.8, 4) is 0 Å². The van der Waals surface area contributed by atoms with Crippen molar-refractivity contribution >= 4 is 50.5 Å². The van der Waals surface area contributed by atoms with Crippen LogP contribution in [-0.2, 0) is 12.8 Å². The third-order valence-corrected chi connectivity index (χ3v) is 5.16. The number of nitrogens with one attached hydrogen (secondary N) is 1. The van der Waals surface area contributed by atoms with E-state index in [0.717, 1.165) is 22.2 Å². The molecule has 0 bridgehead atoms. The molecule has 1 aromatic carbocycles. The summed E-state index contributed by atoms with van der Waals surface area (Å²) in [5.74, 6) is 5.63. The second kappa shape index (κ2) is 7.07. The van der Waals surface area contributed by atoms with Gasteiger partial charge in [0.15, 0.2) is 0 Å². The minimum Gasteiger partial charge on any atom is -0.271 e. The van der Waals surface area contributed by atoms with Gasteiger partial charge in [0.1, 0.15) is 0 Å². The normalized spacial score (nSPS) is 12.6. The minimum atomic E-state index is 0.169. The number of halogens is 3. The van der Waals surface area contributed by atoms with E-state index < -0.39 is 0 Å². The highest BCUT2D eigenvalue weighted by Crippen LogP contribution is 2.25. The molecule has 0 saturated heterocycles. The highest BCUT2D eigenvalue weighted by molar-refractivity contribution is 9.11. The van der Waals surface area contributed by atoms with Crippen LogP contribution in [0.5, 0.6) is 0 Å². The number of hydrogen-bond donors (Lipinski definition) is 2. The molecule has 6 heteroatoms. The molecule has 0 aliphatic heterocycles. The van der Waals surface area contributed by atoms with Gasteiger partial charge < -0.3 is 0 Å². The molecule has 3 N–H and O–H groups in total. The Balaban J connectivity index is 2.04. The predicted octanol–water partition coefficient (Wildman–Crippen LogP) is 4.43. The van der Waals surface area contributed by atoms with Crippen LogP contribution in [0.1, 0.15) is 10.4 Å². The molecule has 102 valence electrons. The average molecular weight is 380 g/mol. The summed E-state index contributed by atoms with van der Waals surface area (Å²) in [6.07, 6.45) is 1.69. The van der Waals surface area contributed by atoms with Gasteiger partial charge in [-0.25, -0.2) is 0 Å². The van der Waals surface area contributed by atoms with E-state index >= 15 is 0 Å². The Morgan fingerprint density at radius 3 is 2.53 bits per heavy atom. The smallest absolute Gasteiger partial charge is 0.0701 e. The first-order valence-electron chi connectivity index (χ1n) is 5.72. The van der Waals surface area contributed by atoms with E-state index in [1.54, 1.807) is 11.3 Å². The highest BCUT2D eigenvalue weighted by Gasteiger charge is 2.11. The summed E-state index contributed by atoms with van der Waals surface area (Å²) in [4.78, 5) is 1.29. The summed E-state index contributed by atoms with van der Waals surface area (Å²) in [5, 5.41) is 1.15.